The average Bonchev–Trinajstić information content (AvgIpc) is 2.34. The van der Waals surface area contributed by atoms with Gasteiger partial charge in [0, 0.05) is 6.04 Å². The Bertz CT molecular complexity index is 332. The van der Waals surface area contributed by atoms with E-state index in [1.807, 2.05) is 0 Å². The van der Waals surface area contributed by atoms with Gasteiger partial charge in [-0.25, -0.2) is 0 Å². The molecule has 2 aliphatic rings. The van der Waals surface area contributed by atoms with Crippen LogP contribution < -0.4 is 5.32 Å². The molecule has 3 nitrogen and oxygen atoms in total. The summed E-state index contributed by atoms with van der Waals surface area (Å²) in [7, 11) is 0. The van der Waals surface area contributed by atoms with Crippen LogP contribution in [0.4, 0.5) is 0 Å². The molecule has 0 aliphatic heterocycles. The zero-order valence-corrected chi connectivity index (χ0v) is 13.3. The quantitative estimate of drug-likeness (QED) is 0.826. The number of hydrogen-bond acceptors (Lipinski definition) is 2. The molecule has 0 saturated heterocycles. The second kappa shape index (κ2) is 6.46. The molecule has 2 unspecified atom stereocenters. The third-order valence-corrected chi connectivity index (χ3v) is 5.28. The molecule has 3 heteroatoms. The molecular formula is C17H31NO2. The van der Waals surface area contributed by atoms with E-state index in [9.17, 15) is 4.79 Å². The molecule has 20 heavy (non-hydrogen) atoms. The Morgan fingerprint density at radius 2 is 1.85 bits per heavy atom. The number of aliphatic carboxylic acids is 1. The number of hydrogen-bond donors (Lipinski definition) is 2. The first-order valence-electron chi connectivity index (χ1n) is 8.32. The number of rotatable bonds is 4. The molecule has 2 aliphatic carbocycles. The number of carboxylic acids is 1. The lowest BCUT2D eigenvalue weighted by Gasteiger charge is -2.40. The maximum Gasteiger partial charge on any atom is 0.306 e. The zero-order valence-electron chi connectivity index (χ0n) is 13.3. The van der Waals surface area contributed by atoms with Gasteiger partial charge < -0.3 is 10.4 Å². The minimum absolute atomic E-state index is 0.0834. The van der Waals surface area contributed by atoms with Gasteiger partial charge in [-0.2, -0.15) is 0 Å². The molecule has 2 atom stereocenters. The summed E-state index contributed by atoms with van der Waals surface area (Å²) in [4.78, 5) is 11.0. The van der Waals surface area contributed by atoms with Crippen molar-refractivity contribution < 1.29 is 9.90 Å². The topological polar surface area (TPSA) is 49.3 Å². The molecular weight excluding hydrogens is 250 g/mol. The zero-order chi connectivity index (χ0) is 14.8. The lowest BCUT2D eigenvalue weighted by atomic mass is 9.70. The molecule has 0 amide bonds. The van der Waals surface area contributed by atoms with Crippen molar-refractivity contribution in [1.29, 1.82) is 0 Å². The highest BCUT2D eigenvalue weighted by Crippen LogP contribution is 2.38. The van der Waals surface area contributed by atoms with Crippen LogP contribution in [0.25, 0.3) is 0 Å². The summed E-state index contributed by atoms with van der Waals surface area (Å²) in [5, 5.41) is 12.8. The highest BCUT2D eigenvalue weighted by molar-refractivity contribution is 5.69. The Balaban J connectivity index is 1.72. The maximum atomic E-state index is 11.0. The van der Waals surface area contributed by atoms with Gasteiger partial charge in [0.05, 0.1) is 5.92 Å². The Morgan fingerprint density at radius 1 is 1.20 bits per heavy atom. The first-order valence-corrected chi connectivity index (χ1v) is 8.32. The molecule has 116 valence electrons. The fourth-order valence-electron chi connectivity index (χ4n) is 4.45. The largest absolute Gasteiger partial charge is 0.481 e. The number of carboxylic acid groups (broad SMARTS) is 1. The van der Waals surface area contributed by atoms with E-state index in [0.717, 1.165) is 38.1 Å². The van der Waals surface area contributed by atoms with Crippen LogP contribution in [-0.4, -0.2) is 23.7 Å². The summed E-state index contributed by atoms with van der Waals surface area (Å²) in [6, 6.07) is 0.658. The Labute approximate surface area is 123 Å². The van der Waals surface area contributed by atoms with Crippen molar-refractivity contribution in [3.05, 3.63) is 0 Å². The lowest BCUT2D eigenvalue weighted by Crippen LogP contribution is -2.42. The minimum Gasteiger partial charge on any atom is -0.481 e. The molecule has 0 bridgehead atoms. The summed E-state index contributed by atoms with van der Waals surface area (Å²) >= 11 is 0. The van der Waals surface area contributed by atoms with Crippen LogP contribution in [-0.2, 0) is 4.79 Å². The molecule has 0 heterocycles. The highest BCUT2D eigenvalue weighted by Gasteiger charge is 2.32. The predicted octanol–water partition coefficient (Wildman–Crippen LogP) is 3.68. The van der Waals surface area contributed by atoms with Crippen molar-refractivity contribution in [2.75, 3.05) is 6.54 Å². The lowest BCUT2D eigenvalue weighted by molar-refractivity contribution is -0.143. The monoisotopic (exact) mass is 281 g/mol. The highest BCUT2D eigenvalue weighted by atomic mass is 16.4. The van der Waals surface area contributed by atoms with E-state index in [1.54, 1.807) is 0 Å². The summed E-state index contributed by atoms with van der Waals surface area (Å²) in [5.41, 5.74) is 0.469. The summed E-state index contributed by atoms with van der Waals surface area (Å²) < 4.78 is 0. The van der Waals surface area contributed by atoms with Gasteiger partial charge in [0.2, 0.25) is 0 Å². The minimum atomic E-state index is -0.598. The van der Waals surface area contributed by atoms with Crippen LogP contribution in [0.1, 0.15) is 65.7 Å². The van der Waals surface area contributed by atoms with Crippen LogP contribution in [0, 0.1) is 23.2 Å². The van der Waals surface area contributed by atoms with E-state index >= 15 is 0 Å². The number of carbonyl (C=O) groups is 1. The average molecular weight is 281 g/mol. The van der Waals surface area contributed by atoms with Crippen LogP contribution in [0.15, 0.2) is 0 Å². The first kappa shape index (κ1) is 15.8. The van der Waals surface area contributed by atoms with Crippen molar-refractivity contribution in [2.24, 2.45) is 23.2 Å². The number of nitrogens with one attached hydrogen (secondary N) is 1. The van der Waals surface area contributed by atoms with Gasteiger partial charge >= 0.3 is 5.97 Å². The van der Waals surface area contributed by atoms with Crippen molar-refractivity contribution in [1.82, 2.24) is 5.32 Å². The van der Waals surface area contributed by atoms with E-state index < -0.39 is 5.97 Å². The smallest absolute Gasteiger partial charge is 0.306 e. The predicted molar refractivity (Wildman–Crippen MR) is 81.7 cm³/mol. The summed E-state index contributed by atoms with van der Waals surface area (Å²) in [6.07, 6.45) is 7.82. The molecule has 0 aromatic rings. The van der Waals surface area contributed by atoms with Crippen molar-refractivity contribution >= 4 is 5.97 Å². The second-order valence-corrected chi connectivity index (χ2v) is 8.07. The summed E-state index contributed by atoms with van der Waals surface area (Å²) in [5.74, 6) is 0.823. The molecule has 2 rings (SSSR count). The normalized spacial score (nSPS) is 37.5. The van der Waals surface area contributed by atoms with Crippen molar-refractivity contribution in [3.8, 4) is 0 Å². The molecule has 2 N–H and O–H groups in total. The molecule has 0 radical (unpaired) electrons. The Morgan fingerprint density at radius 3 is 2.40 bits per heavy atom. The first-order chi connectivity index (χ1) is 9.35. The standard InChI is InChI=1S/C17H31NO2/c1-12-8-15(10-17(2,3)9-12)18-11-13-4-6-14(7-5-13)16(19)20/h12-15,18H,4-11H2,1-3H3,(H,19,20). The second-order valence-electron chi connectivity index (χ2n) is 8.07. The summed E-state index contributed by atoms with van der Waals surface area (Å²) in [6.45, 7) is 8.22. The van der Waals surface area contributed by atoms with E-state index in [1.165, 1.54) is 19.3 Å². The van der Waals surface area contributed by atoms with E-state index in [2.05, 4.69) is 26.1 Å². The maximum absolute atomic E-state index is 11.0. The van der Waals surface area contributed by atoms with Crippen LogP contribution in [0.3, 0.4) is 0 Å². The Kier molecular flexibility index (Phi) is 5.11. The van der Waals surface area contributed by atoms with Gasteiger partial charge in [0.1, 0.15) is 0 Å². The van der Waals surface area contributed by atoms with Crippen LogP contribution in [0.2, 0.25) is 0 Å². The molecule has 2 saturated carbocycles. The van der Waals surface area contributed by atoms with E-state index in [-0.39, 0.29) is 5.92 Å². The molecule has 2 fully saturated rings. The van der Waals surface area contributed by atoms with Gasteiger partial charge in [-0.3, -0.25) is 4.79 Å². The van der Waals surface area contributed by atoms with E-state index in [0.29, 0.717) is 17.4 Å². The van der Waals surface area contributed by atoms with Crippen molar-refractivity contribution in [3.63, 3.8) is 0 Å². The van der Waals surface area contributed by atoms with E-state index in [4.69, 9.17) is 5.11 Å². The van der Waals surface area contributed by atoms with Crippen LogP contribution in [0.5, 0.6) is 0 Å². The third-order valence-electron chi connectivity index (χ3n) is 5.28. The van der Waals surface area contributed by atoms with Crippen molar-refractivity contribution in [2.45, 2.75) is 71.8 Å². The Hall–Kier alpha value is -0.570. The fraction of sp³-hybridized carbons (Fsp3) is 0.941. The third kappa shape index (κ3) is 4.47. The van der Waals surface area contributed by atoms with Gasteiger partial charge in [-0.05, 0) is 68.7 Å². The van der Waals surface area contributed by atoms with Gasteiger partial charge in [0.25, 0.3) is 0 Å². The fourth-order valence-corrected chi connectivity index (χ4v) is 4.45. The van der Waals surface area contributed by atoms with Gasteiger partial charge in [-0.1, -0.05) is 20.8 Å². The SMILES string of the molecule is CC1CC(NCC2CCC(C(=O)O)CC2)CC(C)(C)C1. The van der Waals surface area contributed by atoms with Gasteiger partial charge in [0.15, 0.2) is 0 Å². The van der Waals surface area contributed by atoms with Crippen LogP contribution >= 0.6 is 0 Å². The molecule has 0 aromatic carbocycles. The molecule has 0 spiro atoms. The molecule has 0 aromatic heterocycles. The van der Waals surface area contributed by atoms with Gasteiger partial charge in [-0.15, -0.1) is 0 Å².